The second kappa shape index (κ2) is 5.85. The number of methoxy groups -OCH3 is 1. The minimum Gasteiger partial charge on any atom is -0.377 e. The Hall–Kier alpha value is -1.88. The molecule has 1 aromatic rings. The van der Waals surface area contributed by atoms with Crippen LogP contribution in [0, 0.1) is 0 Å². The molecule has 5 heteroatoms. The fourth-order valence-electron chi connectivity index (χ4n) is 2.48. The molecule has 0 aliphatic carbocycles. The van der Waals surface area contributed by atoms with E-state index in [-0.39, 0.29) is 11.8 Å². The van der Waals surface area contributed by atoms with E-state index in [4.69, 9.17) is 4.74 Å². The second-order valence-corrected chi connectivity index (χ2v) is 5.97. The summed E-state index contributed by atoms with van der Waals surface area (Å²) in [6, 6.07) is 8.23. The first-order valence-corrected chi connectivity index (χ1v) is 7.06. The van der Waals surface area contributed by atoms with Crippen LogP contribution in [0.5, 0.6) is 0 Å². The Kier molecular flexibility index (Phi) is 4.32. The van der Waals surface area contributed by atoms with E-state index in [1.165, 1.54) is 0 Å². The maximum Gasteiger partial charge on any atom is 0.248 e. The SMILES string of the molecule is COC(C)(C)CN1C(=O)C(C)NC(=O)C1c1ccccc1. The van der Waals surface area contributed by atoms with Crippen molar-refractivity contribution in [2.24, 2.45) is 0 Å². The highest BCUT2D eigenvalue weighted by atomic mass is 16.5. The third-order valence-corrected chi connectivity index (χ3v) is 3.79. The standard InChI is InChI=1S/C16H22N2O3/c1-11-15(20)18(10-16(2,3)21-4)13(14(19)17-11)12-8-6-5-7-9-12/h5-9,11,13H,10H2,1-4H3,(H,17,19). The van der Waals surface area contributed by atoms with Gasteiger partial charge in [-0.3, -0.25) is 9.59 Å². The molecule has 0 saturated carbocycles. The van der Waals surface area contributed by atoms with Crippen LogP contribution in [0.3, 0.4) is 0 Å². The molecule has 0 bridgehead atoms. The normalized spacial score (nSPS) is 23.1. The molecule has 2 atom stereocenters. The van der Waals surface area contributed by atoms with Gasteiger partial charge in [-0.25, -0.2) is 0 Å². The highest BCUT2D eigenvalue weighted by molar-refractivity contribution is 5.97. The predicted molar refractivity (Wildman–Crippen MR) is 79.6 cm³/mol. The number of hydrogen-bond acceptors (Lipinski definition) is 3. The Morgan fingerprint density at radius 2 is 1.86 bits per heavy atom. The number of nitrogens with one attached hydrogen (secondary N) is 1. The number of amides is 2. The number of carbonyl (C=O) groups excluding carboxylic acids is 2. The molecular weight excluding hydrogens is 268 g/mol. The average Bonchev–Trinajstić information content (AvgIpc) is 2.45. The third-order valence-electron chi connectivity index (χ3n) is 3.79. The molecule has 1 saturated heterocycles. The number of nitrogens with zero attached hydrogens (tertiary/aromatic N) is 1. The van der Waals surface area contributed by atoms with Gasteiger partial charge < -0.3 is 15.0 Å². The Balaban J connectivity index is 2.37. The molecule has 1 N–H and O–H groups in total. The second-order valence-electron chi connectivity index (χ2n) is 5.97. The zero-order chi connectivity index (χ0) is 15.6. The van der Waals surface area contributed by atoms with Crippen LogP contribution in [-0.2, 0) is 14.3 Å². The van der Waals surface area contributed by atoms with Gasteiger partial charge in [0.15, 0.2) is 0 Å². The zero-order valence-electron chi connectivity index (χ0n) is 12.9. The van der Waals surface area contributed by atoms with Gasteiger partial charge in [-0.2, -0.15) is 0 Å². The Morgan fingerprint density at radius 1 is 1.24 bits per heavy atom. The van der Waals surface area contributed by atoms with E-state index in [1.807, 2.05) is 44.2 Å². The van der Waals surface area contributed by atoms with E-state index in [0.29, 0.717) is 6.54 Å². The fourth-order valence-corrected chi connectivity index (χ4v) is 2.48. The number of benzene rings is 1. The quantitative estimate of drug-likeness (QED) is 0.914. The summed E-state index contributed by atoms with van der Waals surface area (Å²) in [5.41, 5.74) is 0.294. The maximum atomic E-state index is 12.5. The lowest BCUT2D eigenvalue weighted by Gasteiger charge is -2.41. The summed E-state index contributed by atoms with van der Waals surface area (Å²) >= 11 is 0. The summed E-state index contributed by atoms with van der Waals surface area (Å²) in [5, 5.41) is 2.74. The van der Waals surface area contributed by atoms with Crippen LogP contribution in [0.1, 0.15) is 32.4 Å². The summed E-state index contributed by atoms with van der Waals surface area (Å²) < 4.78 is 5.42. The lowest BCUT2D eigenvalue weighted by molar-refractivity contribution is -0.153. The van der Waals surface area contributed by atoms with Crippen molar-refractivity contribution >= 4 is 11.8 Å². The Labute approximate surface area is 125 Å². The Morgan fingerprint density at radius 3 is 2.43 bits per heavy atom. The van der Waals surface area contributed by atoms with E-state index in [1.54, 1.807) is 18.9 Å². The van der Waals surface area contributed by atoms with Crippen molar-refractivity contribution in [3.05, 3.63) is 35.9 Å². The van der Waals surface area contributed by atoms with Gasteiger partial charge in [-0.05, 0) is 26.3 Å². The van der Waals surface area contributed by atoms with E-state index in [9.17, 15) is 9.59 Å². The van der Waals surface area contributed by atoms with Crippen molar-refractivity contribution in [2.75, 3.05) is 13.7 Å². The van der Waals surface area contributed by atoms with Gasteiger partial charge in [0, 0.05) is 7.11 Å². The summed E-state index contributed by atoms with van der Waals surface area (Å²) in [6.45, 7) is 5.87. The molecule has 0 radical (unpaired) electrons. The van der Waals surface area contributed by atoms with Crippen LogP contribution in [0.2, 0.25) is 0 Å². The van der Waals surface area contributed by atoms with Gasteiger partial charge in [0.2, 0.25) is 11.8 Å². The van der Waals surface area contributed by atoms with Crippen LogP contribution in [0.15, 0.2) is 30.3 Å². The van der Waals surface area contributed by atoms with E-state index in [0.717, 1.165) is 5.56 Å². The molecule has 2 amide bonds. The molecule has 2 rings (SSSR count). The molecule has 21 heavy (non-hydrogen) atoms. The highest BCUT2D eigenvalue weighted by Crippen LogP contribution is 2.27. The summed E-state index contributed by atoms with van der Waals surface area (Å²) in [7, 11) is 1.61. The molecule has 5 nitrogen and oxygen atoms in total. The van der Waals surface area contributed by atoms with Crippen molar-refractivity contribution in [3.63, 3.8) is 0 Å². The molecule has 2 unspecified atom stereocenters. The van der Waals surface area contributed by atoms with Gasteiger partial charge in [-0.1, -0.05) is 30.3 Å². The first-order chi connectivity index (χ1) is 9.85. The lowest BCUT2D eigenvalue weighted by Crippen LogP contribution is -2.60. The third kappa shape index (κ3) is 3.24. The topological polar surface area (TPSA) is 58.6 Å². The van der Waals surface area contributed by atoms with Gasteiger partial charge in [0.05, 0.1) is 12.1 Å². The molecule has 1 heterocycles. The molecule has 0 spiro atoms. The molecule has 1 aromatic carbocycles. The van der Waals surface area contributed by atoms with E-state index >= 15 is 0 Å². The fraction of sp³-hybridized carbons (Fsp3) is 0.500. The molecule has 1 aliphatic rings. The van der Waals surface area contributed by atoms with Crippen molar-refractivity contribution in [3.8, 4) is 0 Å². The van der Waals surface area contributed by atoms with Gasteiger partial charge in [-0.15, -0.1) is 0 Å². The molecular formula is C16H22N2O3. The highest BCUT2D eigenvalue weighted by Gasteiger charge is 2.41. The number of ether oxygens (including phenoxy) is 1. The van der Waals surface area contributed by atoms with E-state index < -0.39 is 17.7 Å². The summed E-state index contributed by atoms with van der Waals surface area (Å²) in [6.07, 6.45) is 0. The van der Waals surface area contributed by atoms with E-state index in [2.05, 4.69) is 5.32 Å². The lowest BCUT2D eigenvalue weighted by atomic mass is 9.97. The van der Waals surface area contributed by atoms with Crippen molar-refractivity contribution in [1.29, 1.82) is 0 Å². The first kappa shape index (κ1) is 15.5. The van der Waals surface area contributed by atoms with Crippen LogP contribution < -0.4 is 5.32 Å². The van der Waals surface area contributed by atoms with Gasteiger partial charge >= 0.3 is 0 Å². The molecule has 114 valence electrons. The van der Waals surface area contributed by atoms with Crippen molar-refractivity contribution in [1.82, 2.24) is 10.2 Å². The van der Waals surface area contributed by atoms with Gasteiger partial charge in [0.25, 0.3) is 0 Å². The number of carbonyl (C=O) groups is 2. The predicted octanol–water partition coefficient (Wildman–Crippen LogP) is 1.50. The first-order valence-electron chi connectivity index (χ1n) is 7.06. The van der Waals surface area contributed by atoms with Crippen LogP contribution in [0.25, 0.3) is 0 Å². The molecule has 0 aromatic heterocycles. The van der Waals surface area contributed by atoms with Crippen molar-refractivity contribution in [2.45, 2.75) is 38.5 Å². The summed E-state index contributed by atoms with van der Waals surface area (Å²) in [4.78, 5) is 26.5. The zero-order valence-corrected chi connectivity index (χ0v) is 12.9. The minimum absolute atomic E-state index is 0.0893. The van der Waals surface area contributed by atoms with Crippen LogP contribution in [0.4, 0.5) is 0 Å². The number of piperazine rings is 1. The van der Waals surface area contributed by atoms with Crippen molar-refractivity contribution < 1.29 is 14.3 Å². The minimum atomic E-state index is -0.607. The van der Waals surface area contributed by atoms with Crippen LogP contribution in [-0.4, -0.2) is 42.0 Å². The smallest absolute Gasteiger partial charge is 0.248 e. The summed E-state index contributed by atoms with van der Waals surface area (Å²) in [5.74, 6) is -0.242. The largest absolute Gasteiger partial charge is 0.377 e. The van der Waals surface area contributed by atoms with Crippen LogP contribution >= 0.6 is 0 Å². The number of rotatable bonds is 4. The average molecular weight is 290 g/mol. The monoisotopic (exact) mass is 290 g/mol. The maximum absolute atomic E-state index is 12.5. The van der Waals surface area contributed by atoms with Gasteiger partial charge in [0.1, 0.15) is 12.1 Å². The molecule has 1 fully saturated rings. The Bertz CT molecular complexity index is 528. The number of hydrogen-bond donors (Lipinski definition) is 1. The molecule has 1 aliphatic heterocycles.